The summed E-state index contributed by atoms with van der Waals surface area (Å²) >= 11 is 0. The Morgan fingerprint density at radius 3 is 2.59 bits per heavy atom. The van der Waals surface area contributed by atoms with Crippen molar-refractivity contribution in [3.63, 3.8) is 0 Å². The van der Waals surface area contributed by atoms with E-state index in [0.717, 1.165) is 45.7 Å². The Morgan fingerprint density at radius 2 is 1.85 bits per heavy atom. The molecule has 27 heavy (non-hydrogen) atoms. The van der Waals surface area contributed by atoms with Gasteiger partial charge in [0.15, 0.2) is 0 Å². The number of anilines is 1. The zero-order chi connectivity index (χ0) is 18.1. The number of nitrogens with one attached hydrogen (secondary N) is 1. The van der Waals surface area contributed by atoms with Gasteiger partial charge in [-0.15, -0.1) is 12.4 Å². The average Bonchev–Trinajstić information content (AvgIpc) is 3.30. The summed E-state index contributed by atoms with van der Waals surface area (Å²) in [6, 6.07) is 6.66. The maximum atomic E-state index is 14.0. The molecule has 3 saturated heterocycles. The number of piperazine rings is 1. The molecule has 0 aliphatic carbocycles. The van der Waals surface area contributed by atoms with Gasteiger partial charge in [0.05, 0.1) is 11.6 Å². The third-order valence-electron chi connectivity index (χ3n) is 5.76. The van der Waals surface area contributed by atoms with Crippen LogP contribution in [-0.2, 0) is 9.59 Å². The van der Waals surface area contributed by atoms with E-state index in [4.69, 9.17) is 0 Å². The normalized spacial score (nSPS) is 26.3. The van der Waals surface area contributed by atoms with E-state index in [1.54, 1.807) is 18.2 Å². The number of benzene rings is 1. The highest BCUT2D eigenvalue weighted by molar-refractivity contribution is 6.00. The molecule has 2 atom stereocenters. The summed E-state index contributed by atoms with van der Waals surface area (Å²) in [7, 11) is 0. The molecule has 0 radical (unpaired) electrons. The van der Waals surface area contributed by atoms with Gasteiger partial charge >= 0.3 is 0 Å². The second-order valence-electron chi connectivity index (χ2n) is 7.37. The molecule has 0 bridgehead atoms. The molecular formula is C19H26ClFN4O2. The van der Waals surface area contributed by atoms with E-state index >= 15 is 0 Å². The van der Waals surface area contributed by atoms with E-state index in [0.29, 0.717) is 6.04 Å². The zero-order valence-electron chi connectivity index (χ0n) is 15.3. The molecule has 4 rings (SSSR count). The van der Waals surface area contributed by atoms with Crippen molar-refractivity contribution in [1.82, 2.24) is 15.1 Å². The van der Waals surface area contributed by atoms with E-state index < -0.39 is 5.82 Å². The lowest BCUT2D eigenvalue weighted by molar-refractivity contribution is -0.135. The maximum Gasteiger partial charge on any atom is 0.228 e. The number of nitrogens with zero attached hydrogens (tertiary/aromatic N) is 3. The quantitative estimate of drug-likeness (QED) is 0.831. The molecule has 3 fully saturated rings. The van der Waals surface area contributed by atoms with Crippen molar-refractivity contribution >= 4 is 29.9 Å². The van der Waals surface area contributed by atoms with Crippen molar-refractivity contribution in [2.45, 2.75) is 18.9 Å². The highest BCUT2D eigenvalue weighted by Gasteiger charge is 2.40. The standard InChI is InChI=1S/C19H25FN4O2.ClH/c20-16-3-1-2-4-17(16)24-12-14(11-18(24)25)19(26)23-8-5-15(13-23)22-9-6-21-7-10-22;/h1-4,14-15,21H,5-13H2;1H. The molecule has 148 valence electrons. The monoisotopic (exact) mass is 396 g/mol. The van der Waals surface area contributed by atoms with Crippen molar-refractivity contribution in [3.05, 3.63) is 30.1 Å². The first-order valence-electron chi connectivity index (χ1n) is 9.42. The molecular weight excluding hydrogens is 371 g/mol. The largest absolute Gasteiger partial charge is 0.341 e. The molecule has 1 aromatic carbocycles. The number of rotatable bonds is 3. The van der Waals surface area contributed by atoms with Crippen LogP contribution in [0.1, 0.15) is 12.8 Å². The van der Waals surface area contributed by atoms with Crippen molar-refractivity contribution in [2.24, 2.45) is 5.92 Å². The number of halogens is 2. The predicted octanol–water partition coefficient (Wildman–Crippen LogP) is 1.11. The fourth-order valence-electron chi connectivity index (χ4n) is 4.32. The number of carbonyl (C=O) groups is 2. The van der Waals surface area contributed by atoms with E-state index in [-0.39, 0.29) is 48.8 Å². The Morgan fingerprint density at radius 1 is 1.11 bits per heavy atom. The smallest absolute Gasteiger partial charge is 0.228 e. The fourth-order valence-corrected chi connectivity index (χ4v) is 4.32. The molecule has 6 nitrogen and oxygen atoms in total. The number of hydrogen-bond donors (Lipinski definition) is 1. The molecule has 1 aromatic rings. The van der Waals surface area contributed by atoms with E-state index in [9.17, 15) is 14.0 Å². The van der Waals surface area contributed by atoms with Crippen LogP contribution in [0, 0.1) is 11.7 Å². The van der Waals surface area contributed by atoms with Gasteiger partial charge in [0, 0.05) is 58.3 Å². The zero-order valence-corrected chi connectivity index (χ0v) is 16.1. The van der Waals surface area contributed by atoms with Crippen LogP contribution in [-0.4, -0.2) is 73.5 Å². The van der Waals surface area contributed by atoms with Crippen molar-refractivity contribution in [2.75, 3.05) is 50.7 Å². The predicted molar refractivity (Wildman–Crippen MR) is 104 cm³/mol. The first kappa shape index (κ1) is 20.0. The molecule has 3 aliphatic heterocycles. The minimum absolute atomic E-state index is 0. The third kappa shape index (κ3) is 4.10. The number of amides is 2. The van der Waals surface area contributed by atoms with Gasteiger partial charge < -0.3 is 15.1 Å². The molecule has 1 N–H and O–H groups in total. The Labute approximate surface area is 165 Å². The first-order chi connectivity index (χ1) is 12.6. The summed E-state index contributed by atoms with van der Waals surface area (Å²) in [5, 5.41) is 3.35. The lowest BCUT2D eigenvalue weighted by Crippen LogP contribution is -2.49. The summed E-state index contributed by atoms with van der Waals surface area (Å²) in [5.74, 6) is -0.932. The van der Waals surface area contributed by atoms with Gasteiger partial charge in [0.1, 0.15) is 5.82 Å². The second-order valence-corrected chi connectivity index (χ2v) is 7.37. The minimum atomic E-state index is -0.422. The fraction of sp³-hybridized carbons (Fsp3) is 0.579. The summed E-state index contributed by atoms with van der Waals surface area (Å²) in [6.07, 6.45) is 1.16. The van der Waals surface area contributed by atoms with Gasteiger partial charge in [-0.05, 0) is 18.6 Å². The summed E-state index contributed by atoms with van der Waals surface area (Å²) in [6.45, 7) is 5.80. The van der Waals surface area contributed by atoms with E-state index in [2.05, 4.69) is 10.2 Å². The average molecular weight is 397 g/mol. The molecule has 3 heterocycles. The van der Waals surface area contributed by atoms with Crippen LogP contribution in [0.2, 0.25) is 0 Å². The lowest BCUT2D eigenvalue weighted by atomic mass is 10.1. The highest BCUT2D eigenvalue weighted by atomic mass is 35.5. The Balaban J connectivity index is 0.00000210. The lowest BCUT2D eigenvalue weighted by Gasteiger charge is -2.32. The molecule has 0 saturated carbocycles. The molecule has 3 aliphatic rings. The number of likely N-dealkylation sites (tertiary alicyclic amines) is 1. The van der Waals surface area contributed by atoms with Gasteiger partial charge in [-0.1, -0.05) is 12.1 Å². The van der Waals surface area contributed by atoms with E-state index in [1.165, 1.54) is 11.0 Å². The SMILES string of the molecule is Cl.O=C(C1CC(=O)N(c2ccccc2F)C1)N1CCC(N2CCNCC2)C1. The van der Waals surface area contributed by atoms with Crippen molar-refractivity contribution in [3.8, 4) is 0 Å². The Bertz CT molecular complexity index is 698. The van der Waals surface area contributed by atoms with Crippen LogP contribution in [0.4, 0.5) is 10.1 Å². The van der Waals surface area contributed by atoms with Crippen LogP contribution < -0.4 is 10.2 Å². The van der Waals surface area contributed by atoms with Crippen molar-refractivity contribution in [1.29, 1.82) is 0 Å². The van der Waals surface area contributed by atoms with E-state index in [1.807, 2.05) is 4.90 Å². The van der Waals surface area contributed by atoms with Gasteiger partial charge in [0.25, 0.3) is 0 Å². The maximum absolute atomic E-state index is 14.0. The summed E-state index contributed by atoms with van der Waals surface area (Å²) in [4.78, 5) is 31.0. The van der Waals surface area contributed by atoms with Gasteiger partial charge in [-0.3, -0.25) is 14.5 Å². The number of hydrogen-bond acceptors (Lipinski definition) is 4. The molecule has 8 heteroatoms. The molecule has 2 amide bonds. The van der Waals surface area contributed by atoms with Crippen LogP contribution in [0.3, 0.4) is 0 Å². The molecule has 2 unspecified atom stereocenters. The Kier molecular flexibility index (Phi) is 6.34. The number of para-hydroxylation sites is 1. The highest BCUT2D eigenvalue weighted by Crippen LogP contribution is 2.29. The van der Waals surface area contributed by atoms with Crippen molar-refractivity contribution < 1.29 is 14.0 Å². The molecule has 0 spiro atoms. The minimum Gasteiger partial charge on any atom is -0.341 e. The van der Waals surface area contributed by atoms with Crippen LogP contribution in [0.5, 0.6) is 0 Å². The van der Waals surface area contributed by atoms with Gasteiger partial charge in [0.2, 0.25) is 11.8 Å². The van der Waals surface area contributed by atoms with Gasteiger partial charge in [-0.25, -0.2) is 4.39 Å². The third-order valence-corrected chi connectivity index (χ3v) is 5.76. The van der Waals surface area contributed by atoms with Crippen LogP contribution >= 0.6 is 12.4 Å². The second kappa shape index (κ2) is 8.54. The van der Waals surface area contributed by atoms with Crippen LogP contribution in [0.25, 0.3) is 0 Å². The first-order valence-corrected chi connectivity index (χ1v) is 9.42. The van der Waals surface area contributed by atoms with Gasteiger partial charge in [-0.2, -0.15) is 0 Å². The van der Waals surface area contributed by atoms with Crippen LogP contribution in [0.15, 0.2) is 24.3 Å². The Hall–Kier alpha value is -1.70. The summed E-state index contributed by atoms with van der Waals surface area (Å²) in [5.41, 5.74) is 0.271. The molecule has 0 aromatic heterocycles. The topological polar surface area (TPSA) is 55.9 Å². The number of carbonyl (C=O) groups excluding carboxylic acids is 2. The summed E-state index contributed by atoms with van der Waals surface area (Å²) < 4.78 is 14.0.